The van der Waals surface area contributed by atoms with Gasteiger partial charge in [0.15, 0.2) is 0 Å². The fourth-order valence-corrected chi connectivity index (χ4v) is 2.01. The first-order valence-corrected chi connectivity index (χ1v) is 6.86. The number of nitrogens with zero attached hydrogens (tertiary/aromatic N) is 2. The fourth-order valence-electron chi connectivity index (χ4n) is 1.55. The maximum absolute atomic E-state index is 12.0. The predicted octanol–water partition coefficient (Wildman–Crippen LogP) is 2.69. The van der Waals surface area contributed by atoms with Gasteiger partial charge >= 0.3 is 12.0 Å². The quantitative estimate of drug-likeness (QED) is 0.598. The molecule has 9 heteroatoms. The van der Waals surface area contributed by atoms with Crippen molar-refractivity contribution in [2.75, 3.05) is 18.4 Å². The Morgan fingerprint density at radius 1 is 1.48 bits per heavy atom. The topological polar surface area (TPSA) is 113 Å². The first-order chi connectivity index (χ1) is 9.85. The molecule has 0 saturated carbocycles. The zero-order valence-corrected chi connectivity index (χ0v) is 12.8. The van der Waals surface area contributed by atoms with Crippen LogP contribution < -0.4 is 5.32 Å². The second-order valence-electron chi connectivity index (χ2n) is 4.07. The predicted molar refractivity (Wildman–Crippen MR) is 79.3 cm³/mol. The number of carbonyl (C=O) groups excluding carboxylic acids is 1. The molecule has 0 aromatic heterocycles. The Morgan fingerprint density at radius 3 is 2.62 bits per heavy atom. The summed E-state index contributed by atoms with van der Waals surface area (Å²) in [5.74, 6) is -0.988. The number of carboxylic acids is 1. The fraction of sp³-hybridized carbons (Fsp3) is 0.333. The van der Waals surface area contributed by atoms with Gasteiger partial charge in [-0.25, -0.2) is 4.79 Å². The summed E-state index contributed by atoms with van der Waals surface area (Å²) >= 11 is 3.15. The van der Waals surface area contributed by atoms with Crippen molar-refractivity contribution < 1.29 is 19.6 Å². The number of carboxylic acid groups (broad SMARTS) is 1. The number of rotatable bonds is 6. The van der Waals surface area contributed by atoms with E-state index in [1.54, 1.807) is 6.92 Å². The molecule has 0 aliphatic rings. The van der Waals surface area contributed by atoms with Crippen molar-refractivity contribution in [1.29, 1.82) is 0 Å². The number of nitro groups is 1. The van der Waals surface area contributed by atoms with Crippen molar-refractivity contribution in [3.05, 3.63) is 32.8 Å². The first-order valence-electron chi connectivity index (χ1n) is 6.06. The lowest BCUT2D eigenvalue weighted by atomic mass is 10.3. The largest absolute Gasteiger partial charge is 0.481 e. The summed E-state index contributed by atoms with van der Waals surface area (Å²) in [6.45, 7) is 2.16. The summed E-state index contributed by atoms with van der Waals surface area (Å²) < 4.78 is 0.374. The third-order valence-electron chi connectivity index (χ3n) is 2.67. The number of nitro benzene ring substituents is 1. The van der Waals surface area contributed by atoms with Crippen molar-refractivity contribution in [1.82, 2.24) is 4.90 Å². The van der Waals surface area contributed by atoms with Gasteiger partial charge in [0, 0.05) is 29.7 Å². The van der Waals surface area contributed by atoms with Gasteiger partial charge in [-0.3, -0.25) is 14.9 Å². The van der Waals surface area contributed by atoms with Gasteiger partial charge in [-0.05, 0) is 28.9 Å². The third kappa shape index (κ3) is 5.03. The average molecular weight is 360 g/mol. The summed E-state index contributed by atoms with van der Waals surface area (Å²) in [7, 11) is 0. The second kappa shape index (κ2) is 7.58. The molecule has 1 rings (SSSR count). The van der Waals surface area contributed by atoms with E-state index in [0.29, 0.717) is 16.7 Å². The van der Waals surface area contributed by atoms with Crippen LogP contribution in [0.2, 0.25) is 0 Å². The van der Waals surface area contributed by atoms with Gasteiger partial charge in [0.05, 0.1) is 17.0 Å². The lowest BCUT2D eigenvalue weighted by Gasteiger charge is -2.20. The maximum Gasteiger partial charge on any atom is 0.321 e. The molecule has 21 heavy (non-hydrogen) atoms. The standard InChI is InChI=1S/C12H14BrN3O5/c1-2-15(6-5-11(17)18)12(19)14-10-4-3-8(16(20)21)7-9(10)13/h3-4,7H,2,5-6H2,1H3,(H,14,19)(H,17,18). The number of non-ortho nitro benzene ring substituents is 1. The van der Waals surface area contributed by atoms with Gasteiger partial charge in [-0.2, -0.15) is 0 Å². The number of benzene rings is 1. The minimum atomic E-state index is -0.988. The molecule has 0 saturated heterocycles. The van der Waals surface area contributed by atoms with Gasteiger partial charge in [0.1, 0.15) is 0 Å². The van der Waals surface area contributed by atoms with Gasteiger partial charge < -0.3 is 15.3 Å². The van der Waals surface area contributed by atoms with Gasteiger partial charge in [-0.1, -0.05) is 0 Å². The molecule has 0 aliphatic heterocycles. The van der Waals surface area contributed by atoms with Crippen LogP contribution in [0.15, 0.2) is 22.7 Å². The van der Waals surface area contributed by atoms with Crippen molar-refractivity contribution in [2.24, 2.45) is 0 Å². The summed E-state index contributed by atoms with van der Waals surface area (Å²) in [6, 6.07) is 3.50. The molecule has 0 heterocycles. The zero-order chi connectivity index (χ0) is 16.0. The molecule has 114 valence electrons. The van der Waals surface area contributed by atoms with Crippen molar-refractivity contribution >= 4 is 39.3 Å². The number of halogens is 1. The van der Waals surface area contributed by atoms with E-state index >= 15 is 0 Å². The molecule has 2 N–H and O–H groups in total. The number of amides is 2. The number of aliphatic carboxylic acids is 1. The highest BCUT2D eigenvalue weighted by atomic mass is 79.9. The Balaban J connectivity index is 2.77. The molecule has 0 spiro atoms. The molecule has 0 bridgehead atoms. The molecule has 0 radical (unpaired) electrons. The highest BCUT2D eigenvalue weighted by Crippen LogP contribution is 2.27. The summed E-state index contributed by atoms with van der Waals surface area (Å²) in [5, 5.41) is 21.8. The number of nitrogens with one attached hydrogen (secondary N) is 1. The van der Waals surface area contributed by atoms with E-state index in [-0.39, 0.29) is 18.7 Å². The maximum atomic E-state index is 12.0. The van der Waals surface area contributed by atoms with E-state index in [0.717, 1.165) is 0 Å². The van der Waals surface area contributed by atoms with Crippen LogP contribution in [0.3, 0.4) is 0 Å². The zero-order valence-electron chi connectivity index (χ0n) is 11.2. The Morgan fingerprint density at radius 2 is 2.14 bits per heavy atom. The summed E-state index contributed by atoms with van der Waals surface area (Å²) in [4.78, 5) is 33.9. The second-order valence-corrected chi connectivity index (χ2v) is 4.93. The minimum Gasteiger partial charge on any atom is -0.481 e. The minimum absolute atomic E-state index is 0.0856. The first kappa shape index (κ1) is 16.9. The van der Waals surface area contributed by atoms with E-state index in [2.05, 4.69) is 21.2 Å². The van der Waals surface area contributed by atoms with E-state index < -0.39 is 16.9 Å². The van der Waals surface area contributed by atoms with Crippen molar-refractivity contribution in [2.45, 2.75) is 13.3 Å². The highest BCUT2D eigenvalue weighted by Gasteiger charge is 2.15. The van der Waals surface area contributed by atoms with E-state index in [1.807, 2.05) is 0 Å². The highest BCUT2D eigenvalue weighted by molar-refractivity contribution is 9.10. The van der Waals surface area contributed by atoms with E-state index in [1.165, 1.54) is 23.1 Å². The van der Waals surface area contributed by atoms with Crippen LogP contribution in [0.1, 0.15) is 13.3 Å². The molecular formula is C12H14BrN3O5. The van der Waals surface area contributed by atoms with Crippen LogP contribution in [0.25, 0.3) is 0 Å². The van der Waals surface area contributed by atoms with E-state index in [4.69, 9.17) is 5.11 Å². The average Bonchev–Trinajstić information content (AvgIpc) is 2.41. The molecule has 0 aliphatic carbocycles. The van der Waals surface area contributed by atoms with Crippen molar-refractivity contribution in [3.8, 4) is 0 Å². The molecule has 8 nitrogen and oxygen atoms in total. The third-order valence-corrected chi connectivity index (χ3v) is 3.33. The number of hydrogen-bond acceptors (Lipinski definition) is 4. The Kier molecular flexibility index (Phi) is 6.10. The summed E-state index contributed by atoms with van der Waals surface area (Å²) in [5.41, 5.74) is 0.275. The van der Waals surface area contributed by atoms with Crippen LogP contribution in [0, 0.1) is 10.1 Å². The number of anilines is 1. The molecule has 1 aromatic rings. The number of carbonyl (C=O) groups is 2. The van der Waals surface area contributed by atoms with Crippen LogP contribution in [-0.4, -0.2) is 40.0 Å². The monoisotopic (exact) mass is 359 g/mol. The lowest BCUT2D eigenvalue weighted by molar-refractivity contribution is -0.384. The molecule has 0 atom stereocenters. The van der Waals surface area contributed by atoms with Crippen LogP contribution in [0.5, 0.6) is 0 Å². The van der Waals surface area contributed by atoms with E-state index in [9.17, 15) is 19.7 Å². The van der Waals surface area contributed by atoms with Gasteiger partial charge in [-0.15, -0.1) is 0 Å². The number of urea groups is 1. The van der Waals surface area contributed by atoms with Gasteiger partial charge in [0.25, 0.3) is 5.69 Å². The van der Waals surface area contributed by atoms with Gasteiger partial charge in [0.2, 0.25) is 0 Å². The van der Waals surface area contributed by atoms with Crippen LogP contribution in [-0.2, 0) is 4.79 Å². The molecule has 2 amide bonds. The SMILES string of the molecule is CCN(CCC(=O)O)C(=O)Nc1ccc([N+](=O)[O-])cc1Br. The normalized spacial score (nSPS) is 10.0. The van der Waals surface area contributed by atoms with Crippen LogP contribution >= 0.6 is 15.9 Å². The Labute approximate surface area is 129 Å². The van der Waals surface area contributed by atoms with Crippen LogP contribution in [0.4, 0.5) is 16.2 Å². The number of hydrogen-bond donors (Lipinski definition) is 2. The summed E-state index contributed by atoms with van der Waals surface area (Å²) in [6.07, 6.45) is -0.150. The molecule has 0 fully saturated rings. The van der Waals surface area contributed by atoms with Crippen molar-refractivity contribution in [3.63, 3.8) is 0 Å². The molecular weight excluding hydrogens is 346 g/mol. The molecule has 1 aromatic carbocycles. The Hall–Kier alpha value is -2.16. The molecule has 0 unspecified atom stereocenters. The lowest BCUT2D eigenvalue weighted by Crippen LogP contribution is -2.36. The smallest absolute Gasteiger partial charge is 0.321 e. The Bertz CT molecular complexity index is 564.